The molecule has 2 atom stereocenters. The standard InChI is InChI=1S/C9H16N2/c1-5-8(2)11(4)9(3)6-7-10/h5,8-9H,1,6H2,2-4H3. The van der Waals surface area contributed by atoms with Crippen molar-refractivity contribution >= 4 is 0 Å². The highest BCUT2D eigenvalue weighted by atomic mass is 15.1. The van der Waals surface area contributed by atoms with Gasteiger partial charge >= 0.3 is 0 Å². The Morgan fingerprint density at radius 2 is 2.18 bits per heavy atom. The number of hydrogen-bond acceptors (Lipinski definition) is 2. The molecule has 2 nitrogen and oxygen atoms in total. The minimum Gasteiger partial charge on any atom is -0.297 e. The van der Waals surface area contributed by atoms with E-state index in [0.717, 1.165) is 0 Å². The van der Waals surface area contributed by atoms with Crippen molar-refractivity contribution in [3.63, 3.8) is 0 Å². The van der Waals surface area contributed by atoms with Gasteiger partial charge < -0.3 is 0 Å². The van der Waals surface area contributed by atoms with Crippen LogP contribution in [0.3, 0.4) is 0 Å². The maximum absolute atomic E-state index is 8.44. The van der Waals surface area contributed by atoms with Crippen LogP contribution in [-0.4, -0.2) is 24.0 Å². The number of rotatable bonds is 4. The van der Waals surface area contributed by atoms with Gasteiger partial charge in [0.25, 0.3) is 0 Å². The quantitative estimate of drug-likeness (QED) is 0.574. The van der Waals surface area contributed by atoms with E-state index in [1.165, 1.54) is 0 Å². The summed E-state index contributed by atoms with van der Waals surface area (Å²) < 4.78 is 0. The summed E-state index contributed by atoms with van der Waals surface area (Å²) in [5, 5.41) is 8.44. The predicted octanol–water partition coefficient (Wildman–Crippen LogP) is 1.79. The lowest BCUT2D eigenvalue weighted by Gasteiger charge is -2.26. The Labute approximate surface area is 69.1 Å². The second-order valence-electron chi connectivity index (χ2n) is 2.85. The summed E-state index contributed by atoms with van der Waals surface area (Å²) in [7, 11) is 2.01. The van der Waals surface area contributed by atoms with Crippen molar-refractivity contribution in [3.05, 3.63) is 12.7 Å². The van der Waals surface area contributed by atoms with E-state index in [9.17, 15) is 0 Å². The van der Waals surface area contributed by atoms with Gasteiger partial charge in [0.2, 0.25) is 0 Å². The zero-order valence-corrected chi connectivity index (χ0v) is 7.54. The fourth-order valence-electron chi connectivity index (χ4n) is 0.844. The second kappa shape index (κ2) is 4.92. The third-order valence-corrected chi connectivity index (χ3v) is 2.07. The Balaban J connectivity index is 3.91. The third kappa shape index (κ3) is 3.20. The largest absolute Gasteiger partial charge is 0.297 e. The average molecular weight is 152 g/mol. The van der Waals surface area contributed by atoms with Gasteiger partial charge in [-0.15, -0.1) is 6.58 Å². The Hall–Kier alpha value is -0.810. The van der Waals surface area contributed by atoms with E-state index in [0.29, 0.717) is 18.5 Å². The molecule has 11 heavy (non-hydrogen) atoms. The summed E-state index contributed by atoms with van der Waals surface area (Å²) in [4.78, 5) is 2.14. The summed E-state index contributed by atoms with van der Waals surface area (Å²) in [6, 6.07) is 2.81. The van der Waals surface area contributed by atoms with Crippen LogP contribution in [0.5, 0.6) is 0 Å². The van der Waals surface area contributed by atoms with Crippen LogP contribution < -0.4 is 0 Å². The monoisotopic (exact) mass is 152 g/mol. The topological polar surface area (TPSA) is 27.0 Å². The van der Waals surface area contributed by atoms with E-state index in [1.54, 1.807) is 0 Å². The van der Waals surface area contributed by atoms with Crippen LogP contribution in [-0.2, 0) is 0 Å². The van der Waals surface area contributed by atoms with Gasteiger partial charge in [-0.25, -0.2) is 0 Å². The molecule has 0 radical (unpaired) electrons. The van der Waals surface area contributed by atoms with Crippen LogP contribution in [0.4, 0.5) is 0 Å². The van der Waals surface area contributed by atoms with Crippen LogP contribution in [0.2, 0.25) is 0 Å². The fourth-order valence-corrected chi connectivity index (χ4v) is 0.844. The van der Waals surface area contributed by atoms with Crippen LogP contribution in [0.25, 0.3) is 0 Å². The molecule has 2 heteroatoms. The molecule has 62 valence electrons. The van der Waals surface area contributed by atoms with Gasteiger partial charge in [0.05, 0.1) is 12.5 Å². The van der Waals surface area contributed by atoms with Crippen molar-refractivity contribution in [1.29, 1.82) is 5.26 Å². The van der Waals surface area contributed by atoms with Crippen LogP contribution in [0.1, 0.15) is 20.3 Å². The van der Waals surface area contributed by atoms with Crippen molar-refractivity contribution < 1.29 is 0 Å². The molecule has 0 fully saturated rings. The molecule has 0 aromatic heterocycles. The van der Waals surface area contributed by atoms with E-state index in [1.807, 2.05) is 20.0 Å². The van der Waals surface area contributed by atoms with Crippen molar-refractivity contribution in [2.75, 3.05) is 7.05 Å². The Kier molecular flexibility index (Phi) is 4.56. The minimum absolute atomic E-state index is 0.313. The SMILES string of the molecule is C=CC(C)N(C)C(C)CC#N. The van der Waals surface area contributed by atoms with Crippen LogP contribution in [0, 0.1) is 11.3 Å². The molecular formula is C9H16N2. The number of hydrogen-bond donors (Lipinski definition) is 0. The molecule has 0 saturated carbocycles. The normalized spacial score (nSPS) is 15.5. The van der Waals surface area contributed by atoms with Crippen molar-refractivity contribution in [1.82, 2.24) is 4.90 Å². The molecule has 0 aromatic carbocycles. The van der Waals surface area contributed by atoms with Gasteiger partial charge in [-0.1, -0.05) is 6.08 Å². The summed E-state index contributed by atoms with van der Waals surface area (Å²) in [5.41, 5.74) is 0. The molecule has 0 aliphatic heterocycles. The Morgan fingerprint density at radius 1 is 1.64 bits per heavy atom. The third-order valence-electron chi connectivity index (χ3n) is 2.07. The Bertz CT molecular complexity index is 157. The first-order valence-electron chi connectivity index (χ1n) is 3.85. The zero-order chi connectivity index (χ0) is 8.85. The van der Waals surface area contributed by atoms with Crippen molar-refractivity contribution in [2.24, 2.45) is 0 Å². The van der Waals surface area contributed by atoms with E-state index in [4.69, 9.17) is 5.26 Å². The lowest BCUT2D eigenvalue weighted by atomic mass is 10.2. The van der Waals surface area contributed by atoms with Crippen LogP contribution >= 0.6 is 0 Å². The van der Waals surface area contributed by atoms with Gasteiger partial charge in [0.15, 0.2) is 0 Å². The van der Waals surface area contributed by atoms with Crippen molar-refractivity contribution in [2.45, 2.75) is 32.4 Å². The molecule has 0 aromatic rings. The summed E-state index contributed by atoms with van der Waals surface area (Å²) in [5.74, 6) is 0. The van der Waals surface area contributed by atoms with Gasteiger partial charge in [0, 0.05) is 12.1 Å². The van der Waals surface area contributed by atoms with Gasteiger partial charge in [0.1, 0.15) is 0 Å². The van der Waals surface area contributed by atoms with Crippen molar-refractivity contribution in [3.8, 4) is 6.07 Å². The molecule has 0 bridgehead atoms. The average Bonchev–Trinajstić information content (AvgIpc) is 2.02. The molecule has 0 aliphatic carbocycles. The molecule has 0 amide bonds. The molecule has 0 aliphatic rings. The van der Waals surface area contributed by atoms with E-state index in [-0.39, 0.29) is 0 Å². The van der Waals surface area contributed by atoms with Gasteiger partial charge in [-0.3, -0.25) is 4.90 Å². The van der Waals surface area contributed by atoms with E-state index < -0.39 is 0 Å². The molecule has 0 saturated heterocycles. The molecule has 0 N–H and O–H groups in total. The molecule has 0 rings (SSSR count). The lowest BCUT2D eigenvalue weighted by molar-refractivity contribution is 0.229. The number of nitrogens with zero attached hydrogens (tertiary/aromatic N) is 2. The zero-order valence-electron chi connectivity index (χ0n) is 7.54. The molecule has 2 unspecified atom stereocenters. The van der Waals surface area contributed by atoms with E-state index in [2.05, 4.69) is 24.5 Å². The maximum atomic E-state index is 8.44. The maximum Gasteiger partial charge on any atom is 0.0638 e. The first-order valence-corrected chi connectivity index (χ1v) is 3.85. The Morgan fingerprint density at radius 3 is 2.55 bits per heavy atom. The fraction of sp³-hybridized carbons (Fsp3) is 0.667. The summed E-state index contributed by atoms with van der Waals surface area (Å²) in [6.07, 6.45) is 2.46. The first-order chi connectivity index (χ1) is 5.13. The lowest BCUT2D eigenvalue weighted by Crippen LogP contribution is -2.35. The highest BCUT2D eigenvalue weighted by Crippen LogP contribution is 2.05. The second-order valence-corrected chi connectivity index (χ2v) is 2.85. The first kappa shape index (κ1) is 10.2. The molecule has 0 heterocycles. The number of likely N-dealkylation sites (N-methyl/N-ethyl adjacent to an activating group) is 1. The molecule has 0 spiro atoms. The highest BCUT2D eigenvalue weighted by Gasteiger charge is 2.11. The summed E-state index contributed by atoms with van der Waals surface area (Å²) in [6.45, 7) is 7.81. The van der Waals surface area contributed by atoms with E-state index >= 15 is 0 Å². The highest BCUT2D eigenvalue weighted by molar-refractivity contribution is 4.87. The van der Waals surface area contributed by atoms with Crippen LogP contribution in [0.15, 0.2) is 12.7 Å². The predicted molar refractivity (Wildman–Crippen MR) is 47.1 cm³/mol. The summed E-state index contributed by atoms with van der Waals surface area (Å²) >= 11 is 0. The minimum atomic E-state index is 0.313. The number of nitriles is 1. The molecular weight excluding hydrogens is 136 g/mol. The van der Waals surface area contributed by atoms with Gasteiger partial charge in [-0.05, 0) is 20.9 Å². The smallest absolute Gasteiger partial charge is 0.0638 e. The van der Waals surface area contributed by atoms with Gasteiger partial charge in [-0.2, -0.15) is 5.26 Å².